The van der Waals surface area contributed by atoms with E-state index < -0.39 is 0 Å². The number of rotatable bonds is 6. The summed E-state index contributed by atoms with van der Waals surface area (Å²) < 4.78 is 18.2. The molecule has 2 aromatic heterocycles. The van der Waals surface area contributed by atoms with Gasteiger partial charge in [-0.1, -0.05) is 17.7 Å². The third-order valence-corrected chi connectivity index (χ3v) is 4.87. The van der Waals surface area contributed by atoms with E-state index in [-0.39, 0.29) is 0 Å². The lowest BCUT2D eigenvalue weighted by molar-refractivity contribution is 0.324. The molecule has 30 heavy (non-hydrogen) atoms. The van der Waals surface area contributed by atoms with Crippen molar-refractivity contribution in [3.8, 4) is 22.9 Å². The molecule has 0 aliphatic carbocycles. The monoisotopic (exact) mass is 405 g/mol. The number of imidazole rings is 1. The van der Waals surface area contributed by atoms with Gasteiger partial charge in [-0.05, 0) is 25.5 Å². The summed E-state index contributed by atoms with van der Waals surface area (Å²) in [5.74, 6) is 2.20. The number of methoxy groups -OCH3 is 3. The van der Waals surface area contributed by atoms with Crippen molar-refractivity contribution in [1.29, 1.82) is 0 Å². The lowest BCUT2D eigenvalue weighted by Gasteiger charge is -2.15. The van der Waals surface area contributed by atoms with Crippen LogP contribution in [0.15, 0.2) is 43.0 Å². The molecule has 1 N–H and O–H groups in total. The fourth-order valence-electron chi connectivity index (χ4n) is 3.47. The van der Waals surface area contributed by atoms with Crippen molar-refractivity contribution < 1.29 is 14.2 Å². The molecule has 0 saturated heterocycles. The van der Waals surface area contributed by atoms with Crippen molar-refractivity contribution in [2.45, 2.75) is 13.8 Å². The predicted octanol–water partition coefficient (Wildman–Crippen LogP) is 4.20. The molecule has 0 unspecified atom stereocenters. The van der Waals surface area contributed by atoms with Crippen molar-refractivity contribution in [2.75, 3.05) is 26.6 Å². The summed E-state index contributed by atoms with van der Waals surface area (Å²) >= 11 is 0. The molecule has 0 saturated carbocycles. The highest BCUT2D eigenvalue weighted by molar-refractivity contribution is 5.86. The molecule has 2 heterocycles. The van der Waals surface area contributed by atoms with Gasteiger partial charge in [0, 0.05) is 17.8 Å². The van der Waals surface area contributed by atoms with Crippen LogP contribution < -0.4 is 19.5 Å². The number of nitrogens with zero attached hydrogens (tertiary/aromatic N) is 4. The molecule has 0 radical (unpaired) electrons. The number of fused-ring (bicyclic) bond motifs is 1. The first-order valence-electron chi connectivity index (χ1n) is 9.38. The van der Waals surface area contributed by atoms with Gasteiger partial charge in [0.1, 0.15) is 12.7 Å². The van der Waals surface area contributed by atoms with Crippen LogP contribution in [-0.4, -0.2) is 40.8 Å². The summed E-state index contributed by atoms with van der Waals surface area (Å²) in [5, 5.41) is 3.29. The number of aryl methyl sites for hydroxylation is 2. The van der Waals surface area contributed by atoms with Gasteiger partial charge in [-0.25, -0.2) is 15.0 Å². The van der Waals surface area contributed by atoms with Crippen LogP contribution >= 0.6 is 0 Å². The lowest BCUT2D eigenvalue weighted by atomic mass is 10.1. The minimum absolute atomic E-state index is 0.525. The maximum atomic E-state index is 5.43. The topological polar surface area (TPSA) is 83.3 Å². The molecule has 4 rings (SSSR count). The summed E-state index contributed by atoms with van der Waals surface area (Å²) in [6.07, 6.45) is 3.28. The average Bonchev–Trinajstić information content (AvgIpc) is 3.18. The van der Waals surface area contributed by atoms with E-state index in [0.717, 1.165) is 16.9 Å². The number of hydrogen-bond donors (Lipinski definition) is 1. The van der Waals surface area contributed by atoms with Gasteiger partial charge in [-0.15, -0.1) is 0 Å². The van der Waals surface area contributed by atoms with E-state index in [1.165, 1.54) is 11.9 Å². The number of benzene rings is 2. The van der Waals surface area contributed by atoms with Gasteiger partial charge in [0.05, 0.1) is 27.0 Å². The minimum atomic E-state index is 0.525. The van der Waals surface area contributed by atoms with E-state index >= 15 is 0 Å². The predicted molar refractivity (Wildman–Crippen MR) is 116 cm³/mol. The number of nitrogens with one attached hydrogen (secondary N) is 1. The van der Waals surface area contributed by atoms with Crippen molar-refractivity contribution in [3.05, 3.63) is 54.1 Å². The van der Waals surface area contributed by atoms with Crippen LogP contribution in [0.1, 0.15) is 11.1 Å². The molecule has 154 valence electrons. The molecule has 0 amide bonds. The highest BCUT2D eigenvalue weighted by Crippen LogP contribution is 2.40. The van der Waals surface area contributed by atoms with Crippen LogP contribution in [0.5, 0.6) is 17.2 Å². The van der Waals surface area contributed by atoms with Crippen LogP contribution in [0, 0.1) is 13.8 Å². The molecule has 0 bridgehead atoms. The minimum Gasteiger partial charge on any atom is -0.493 e. The van der Waals surface area contributed by atoms with E-state index in [0.29, 0.717) is 34.2 Å². The number of aromatic nitrogens is 4. The summed E-state index contributed by atoms with van der Waals surface area (Å²) in [4.78, 5) is 13.4. The second-order valence-corrected chi connectivity index (χ2v) is 6.84. The Morgan fingerprint density at radius 3 is 2.23 bits per heavy atom. The van der Waals surface area contributed by atoms with E-state index in [2.05, 4.69) is 52.3 Å². The second-order valence-electron chi connectivity index (χ2n) is 6.84. The van der Waals surface area contributed by atoms with E-state index in [1.54, 1.807) is 27.7 Å². The molecule has 0 aliphatic heterocycles. The Morgan fingerprint density at radius 2 is 1.60 bits per heavy atom. The Kier molecular flexibility index (Phi) is 5.14. The van der Waals surface area contributed by atoms with Gasteiger partial charge in [-0.2, -0.15) is 0 Å². The first-order chi connectivity index (χ1) is 14.5. The first-order valence-corrected chi connectivity index (χ1v) is 9.38. The summed E-state index contributed by atoms with van der Waals surface area (Å²) in [7, 11) is 4.73. The summed E-state index contributed by atoms with van der Waals surface area (Å²) in [6.45, 7) is 4.15. The maximum absolute atomic E-state index is 5.43. The third kappa shape index (κ3) is 3.36. The zero-order valence-corrected chi connectivity index (χ0v) is 17.6. The second kappa shape index (κ2) is 7.90. The number of hydrogen-bond acceptors (Lipinski definition) is 7. The Labute approximate surface area is 174 Å². The average molecular weight is 405 g/mol. The van der Waals surface area contributed by atoms with Crippen LogP contribution in [0.3, 0.4) is 0 Å². The zero-order chi connectivity index (χ0) is 21.3. The standard InChI is InChI=1S/C22H23N5O3/c1-13-6-7-16(14(2)8-13)27-12-25-19-21(23-11-24-22(19)27)26-15-9-17(28-3)20(30-5)18(10-15)29-4/h6-12H,1-5H3,(H,23,24,26). The van der Waals surface area contributed by atoms with E-state index in [1.807, 2.05) is 16.7 Å². The SMILES string of the molecule is COc1cc(Nc2ncnc3c2ncn3-c2ccc(C)cc2C)cc(OC)c1OC. The molecule has 8 nitrogen and oxygen atoms in total. The molecule has 2 aromatic carbocycles. The normalized spacial score (nSPS) is 10.8. The Hall–Kier alpha value is -3.81. The van der Waals surface area contributed by atoms with E-state index in [4.69, 9.17) is 14.2 Å². The van der Waals surface area contributed by atoms with Crippen molar-refractivity contribution in [2.24, 2.45) is 0 Å². The van der Waals surface area contributed by atoms with E-state index in [9.17, 15) is 0 Å². The smallest absolute Gasteiger partial charge is 0.203 e. The maximum Gasteiger partial charge on any atom is 0.203 e. The quantitative estimate of drug-likeness (QED) is 0.515. The van der Waals surface area contributed by atoms with Gasteiger partial charge < -0.3 is 19.5 Å². The molecule has 8 heteroatoms. The highest BCUT2D eigenvalue weighted by Gasteiger charge is 2.16. The molecule has 0 fully saturated rings. The fourth-order valence-corrected chi connectivity index (χ4v) is 3.47. The van der Waals surface area contributed by atoms with Crippen LogP contribution in [0.25, 0.3) is 16.9 Å². The third-order valence-electron chi connectivity index (χ3n) is 4.87. The van der Waals surface area contributed by atoms with Gasteiger partial charge in [0.15, 0.2) is 28.5 Å². The van der Waals surface area contributed by atoms with Crippen molar-refractivity contribution >= 4 is 22.7 Å². The van der Waals surface area contributed by atoms with Crippen LogP contribution in [0.4, 0.5) is 11.5 Å². The molecule has 0 atom stereocenters. The van der Waals surface area contributed by atoms with Crippen LogP contribution in [-0.2, 0) is 0 Å². The summed E-state index contributed by atoms with van der Waals surface area (Å²) in [6, 6.07) is 9.91. The highest BCUT2D eigenvalue weighted by atomic mass is 16.5. The van der Waals surface area contributed by atoms with Crippen molar-refractivity contribution in [1.82, 2.24) is 19.5 Å². The Balaban J connectivity index is 1.77. The van der Waals surface area contributed by atoms with Gasteiger partial charge >= 0.3 is 0 Å². The zero-order valence-electron chi connectivity index (χ0n) is 17.6. The fraction of sp³-hybridized carbons (Fsp3) is 0.227. The van der Waals surface area contributed by atoms with Gasteiger partial charge in [0.25, 0.3) is 0 Å². The molecule has 4 aromatic rings. The molecular formula is C22H23N5O3. The van der Waals surface area contributed by atoms with Crippen LogP contribution in [0.2, 0.25) is 0 Å². The lowest BCUT2D eigenvalue weighted by Crippen LogP contribution is -2.01. The molecule has 0 spiro atoms. The molecule has 0 aliphatic rings. The molecular weight excluding hydrogens is 382 g/mol. The Morgan fingerprint density at radius 1 is 0.867 bits per heavy atom. The Bertz CT molecular complexity index is 1190. The van der Waals surface area contributed by atoms with Gasteiger partial charge in [-0.3, -0.25) is 4.57 Å². The largest absolute Gasteiger partial charge is 0.493 e. The summed E-state index contributed by atoms with van der Waals surface area (Å²) in [5.41, 5.74) is 5.48. The van der Waals surface area contributed by atoms with Crippen molar-refractivity contribution in [3.63, 3.8) is 0 Å². The number of anilines is 2. The number of ether oxygens (including phenoxy) is 3. The van der Waals surface area contributed by atoms with Gasteiger partial charge in [0.2, 0.25) is 5.75 Å². The first kappa shape index (κ1) is 19.5.